The van der Waals surface area contributed by atoms with Gasteiger partial charge in [0.1, 0.15) is 5.76 Å². The number of anilines is 1. The topological polar surface area (TPSA) is 73.0 Å². The molecule has 0 fully saturated rings. The van der Waals surface area contributed by atoms with E-state index in [1.165, 1.54) is 0 Å². The van der Waals surface area contributed by atoms with Gasteiger partial charge in [0.15, 0.2) is 5.69 Å². The number of aromatic nitrogens is 3. The normalized spacial score (nSPS) is 16.2. The lowest BCUT2D eigenvalue weighted by atomic mass is 9.71. The summed E-state index contributed by atoms with van der Waals surface area (Å²) in [4.78, 5) is 13.2. The maximum absolute atomic E-state index is 13.2. The van der Waals surface area contributed by atoms with Gasteiger partial charge in [-0.3, -0.25) is 9.48 Å². The van der Waals surface area contributed by atoms with Crippen LogP contribution in [0.2, 0.25) is 10.0 Å². The molecule has 4 rings (SSSR count). The summed E-state index contributed by atoms with van der Waals surface area (Å²) < 4.78 is 7.31. The lowest BCUT2D eigenvalue weighted by molar-refractivity contribution is 0.101. The van der Waals surface area contributed by atoms with Crippen molar-refractivity contribution in [1.82, 2.24) is 14.9 Å². The van der Waals surface area contributed by atoms with Gasteiger partial charge in [0, 0.05) is 27.6 Å². The van der Waals surface area contributed by atoms with Crippen molar-refractivity contribution in [2.24, 2.45) is 11.3 Å². The summed E-state index contributed by atoms with van der Waals surface area (Å²) in [7, 11) is 0. The summed E-state index contributed by atoms with van der Waals surface area (Å²) in [6.45, 7) is 10.9. The minimum Gasteiger partial charge on any atom is -0.360 e. The predicted octanol–water partition coefficient (Wildman–Crippen LogP) is 6.25. The van der Waals surface area contributed by atoms with E-state index in [0.29, 0.717) is 39.6 Å². The third-order valence-electron chi connectivity index (χ3n) is 6.47. The molecule has 6 nitrogen and oxygen atoms in total. The predicted molar refractivity (Wildman–Crippen MR) is 127 cm³/mol. The number of aryl methyl sites for hydroxylation is 2. The summed E-state index contributed by atoms with van der Waals surface area (Å²) in [6, 6.07) is 5.41. The molecule has 0 bridgehead atoms. The van der Waals surface area contributed by atoms with Gasteiger partial charge in [-0.15, -0.1) is 0 Å². The van der Waals surface area contributed by atoms with E-state index in [9.17, 15) is 4.79 Å². The SMILES string of the molecule is Cc1nn(Cc2c(Cl)cccc2Cl)c(C)c1NC(=O)c1noc2c1CC(C(C)(C)C)CC2. The number of nitrogens with zero attached hydrogens (tertiary/aromatic N) is 3. The molecular weight excluding hydrogens is 447 g/mol. The second kappa shape index (κ2) is 8.56. The lowest BCUT2D eigenvalue weighted by Gasteiger charge is -2.33. The van der Waals surface area contributed by atoms with Gasteiger partial charge in [0.05, 0.1) is 23.6 Å². The molecule has 32 heavy (non-hydrogen) atoms. The molecule has 1 aromatic carbocycles. The Kier molecular flexibility index (Phi) is 6.12. The average molecular weight is 475 g/mol. The van der Waals surface area contributed by atoms with Gasteiger partial charge in [-0.2, -0.15) is 5.10 Å². The van der Waals surface area contributed by atoms with Gasteiger partial charge < -0.3 is 9.84 Å². The highest BCUT2D eigenvalue weighted by Gasteiger charge is 2.34. The first-order valence-electron chi connectivity index (χ1n) is 10.8. The van der Waals surface area contributed by atoms with E-state index < -0.39 is 0 Å². The smallest absolute Gasteiger partial charge is 0.278 e. The second-order valence-corrected chi connectivity index (χ2v) is 10.4. The van der Waals surface area contributed by atoms with Crippen molar-refractivity contribution in [3.63, 3.8) is 0 Å². The van der Waals surface area contributed by atoms with Crippen molar-refractivity contribution in [1.29, 1.82) is 0 Å². The van der Waals surface area contributed by atoms with Crippen LogP contribution in [0.5, 0.6) is 0 Å². The number of amides is 1. The van der Waals surface area contributed by atoms with E-state index in [-0.39, 0.29) is 11.3 Å². The lowest BCUT2D eigenvalue weighted by Crippen LogP contribution is -2.27. The molecule has 170 valence electrons. The van der Waals surface area contributed by atoms with Crippen molar-refractivity contribution in [3.05, 3.63) is 62.2 Å². The number of hydrogen-bond acceptors (Lipinski definition) is 4. The molecule has 1 atom stereocenters. The molecule has 0 aliphatic heterocycles. The Morgan fingerprint density at radius 3 is 2.59 bits per heavy atom. The fraction of sp³-hybridized carbons (Fsp3) is 0.458. The van der Waals surface area contributed by atoms with Crippen molar-refractivity contribution >= 4 is 34.8 Å². The Morgan fingerprint density at radius 1 is 1.25 bits per heavy atom. The molecule has 0 radical (unpaired) electrons. The van der Waals surface area contributed by atoms with Crippen molar-refractivity contribution in [3.8, 4) is 0 Å². The quantitative estimate of drug-likeness (QED) is 0.484. The van der Waals surface area contributed by atoms with Crippen LogP contribution in [0.3, 0.4) is 0 Å². The molecule has 2 aromatic heterocycles. The first kappa shape index (κ1) is 22.9. The first-order valence-corrected chi connectivity index (χ1v) is 11.6. The summed E-state index contributed by atoms with van der Waals surface area (Å²) >= 11 is 12.7. The Balaban J connectivity index is 1.58. The minimum atomic E-state index is -0.272. The Morgan fingerprint density at radius 2 is 1.94 bits per heavy atom. The van der Waals surface area contributed by atoms with Crippen molar-refractivity contribution in [2.75, 3.05) is 5.32 Å². The fourth-order valence-electron chi connectivity index (χ4n) is 4.36. The maximum Gasteiger partial charge on any atom is 0.278 e. The van der Waals surface area contributed by atoms with Crippen LogP contribution in [0.1, 0.15) is 66.0 Å². The third kappa shape index (κ3) is 4.30. The Hall–Kier alpha value is -2.31. The molecule has 1 amide bonds. The summed E-state index contributed by atoms with van der Waals surface area (Å²) in [5, 5.41) is 12.9. The van der Waals surface area contributed by atoms with Crippen LogP contribution in [-0.4, -0.2) is 20.8 Å². The second-order valence-electron chi connectivity index (χ2n) is 9.60. The van der Waals surface area contributed by atoms with E-state index in [0.717, 1.165) is 41.8 Å². The largest absolute Gasteiger partial charge is 0.360 e. The zero-order chi connectivity index (χ0) is 23.2. The summed E-state index contributed by atoms with van der Waals surface area (Å²) in [6.07, 6.45) is 2.65. The molecule has 0 spiro atoms. The molecular formula is C24H28Cl2N4O2. The number of hydrogen-bond donors (Lipinski definition) is 1. The molecule has 0 saturated heterocycles. The average Bonchev–Trinajstić information content (AvgIpc) is 3.26. The molecule has 1 aliphatic rings. The number of benzene rings is 1. The van der Waals surface area contributed by atoms with E-state index in [4.69, 9.17) is 27.7 Å². The van der Waals surface area contributed by atoms with Crippen LogP contribution < -0.4 is 5.32 Å². The molecule has 1 N–H and O–H groups in total. The van der Waals surface area contributed by atoms with Gasteiger partial charge in [0.2, 0.25) is 0 Å². The highest BCUT2D eigenvalue weighted by Crippen LogP contribution is 2.38. The highest BCUT2D eigenvalue weighted by molar-refractivity contribution is 6.36. The molecule has 8 heteroatoms. The maximum atomic E-state index is 13.2. The monoisotopic (exact) mass is 474 g/mol. The number of rotatable bonds is 4. The van der Waals surface area contributed by atoms with Crippen LogP contribution in [0.4, 0.5) is 5.69 Å². The van der Waals surface area contributed by atoms with Crippen LogP contribution in [0, 0.1) is 25.2 Å². The highest BCUT2D eigenvalue weighted by atomic mass is 35.5. The van der Waals surface area contributed by atoms with E-state index in [1.54, 1.807) is 16.8 Å². The Labute approximate surface area is 198 Å². The van der Waals surface area contributed by atoms with E-state index in [1.807, 2.05) is 19.9 Å². The van der Waals surface area contributed by atoms with Crippen molar-refractivity contribution in [2.45, 2.75) is 60.4 Å². The Bertz CT molecular complexity index is 1150. The molecule has 1 unspecified atom stereocenters. The number of nitrogens with one attached hydrogen (secondary N) is 1. The zero-order valence-electron chi connectivity index (χ0n) is 19.1. The molecule has 1 aliphatic carbocycles. The van der Waals surface area contributed by atoms with E-state index >= 15 is 0 Å². The molecule has 0 saturated carbocycles. The van der Waals surface area contributed by atoms with Gasteiger partial charge in [-0.05, 0) is 50.2 Å². The number of carbonyl (C=O) groups excluding carboxylic acids is 1. The zero-order valence-corrected chi connectivity index (χ0v) is 20.6. The van der Waals surface area contributed by atoms with Gasteiger partial charge in [-0.25, -0.2) is 0 Å². The number of carbonyl (C=O) groups is 1. The molecule has 2 heterocycles. The van der Waals surface area contributed by atoms with Gasteiger partial charge in [0.25, 0.3) is 5.91 Å². The first-order chi connectivity index (χ1) is 15.1. The van der Waals surface area contributed by atoms with E-state index in [2.05, 4.69) is 36.3 Å². The van der Waals surface area contributed by atoms with Crippen LogP contribution in [0.25, 0.3) is 0 Å². The van der Waals surface area contributed by atoms with Crippen LogP contribution >= 0.6 is 23.2 Å². The van der Waals surface area contributed by atoms with Crippen molar-refractivity contribution < 1.29 is 9.32 Å². The minimum absolute atomic E-state index is 0.164. The van der Waals surface area contributed by atoms with Gasteiger partial charge >= 0.3 is 0 Å². The number of fused-ring (bicyclic) bond motifs is 1. The summed E-state index contributed by atoms with van der Waals surface area (Å²) in [5.74, 6) is 1.03. The van der Waals surface area contributed by atoms with Crippen LogP contribution in [0.15, 0.2) is 22.7 Å². The summed E-state index contributed by atoms with van der Waals surface area (Å²) in [5.41, 5.74) is 4.45. The third-order valence-corrected chi connectivity index (χ3v) is 7.18. The van der Waals surface area contributed by atoms with Gasteiger partial charge in [-0.1, -0.05) is 55.2 Å². The number of halogens is 2. The van der Waals surface area contributed by atoms with Crippen LogP contribution in [-0.2, 0) is 19.4 Å². The standard InChI is InChI=1S/C24H28Cl2N4O2/c1-13-21(14(2)30(28-13)12-17-18(25)7-6-8-19(17)26)27-23(31)22-16-11-15(24(3,4)5)9-10-20(16)32-29-22/h6-8,15H,9-12H2,1-5H3,(H,27,31). The fourth-order valence-corrected chi connectivity index (χ4v) is 4.88. The molecule has 3 aromatic rings.